The van der Waals surface area contributed by atoms with Crippen LogP contribution in [0, 0.1) is 0 Å². The predicted molar refractivity (Wildman–Crippen MR) is 324 cm³/mol. The Kier molecular flexibility index (Phi) is 11.4. The number of anilines is 3. The summed E-state index contributed by atoms with van der Waals surface area (Å²) >= 11 is 0. The summed E-state index contributed by atoms with van der Waals surface area (Å²) in [5.74, 6) is 0. The number of benzene rings is 10. The van der Waals surface area contributed by atoms with Gasteiger partial charge in [0.05, 0.1) is 28.1 Å². The van der Waals surface area contributed by atoms with Gasteiger partial charge in [-0.15, -0.1) is 0 Å². The summed E-state index contributed by atoms with van der Waals surface area (Å²) in [4.78, 5) is 2.58. The Hall–Kier alpha value is -7.16. The number of hydrogen-bond acceptors (Lipinski definition) is 1. The van der Waals surface area contributed by atoms with Crippen LogP contribution in [0.2, 0.25) is 0 Å². The van der Waals surface area contributed by atoms with Crippen LogP contribution in [0.25, 0.3) is 82.1 Å². The zero-order valence-electron chi connectivity index (χ0n) is 46.6. The van der Waals surface area contributed by atoms with Crippen LogP contribution in [0.15, 0.2) is 176 Å². The molecule has 2 nitrogen and oxygen atoms in total. The summed E-state index contributed by atoms with van der Waals surface area (Å²) in [5.41, 5.74) is 18.4. The fourth-order valence-corrected chi connectivity index (χ4v) is 11.4. The third kappa shape index (κ3) is 8.45. The van der Waals surface area contributed by atoms with Gasteiger partial charge < -0.3 is 9.47 Å². The lowest BCUT2D eigenvalue weighted by molar-refractivity contribution is 0.569. The first-order chi connectivity index (χ1) is 34.9. The van der Waals surface area contributed by atoms with Gasteiger partial charge in [-0.3, -0.25) is 0 Å². The van der Waals surface area contributed by atoms with Crippen LogP contribution < -0.4 is 4.90 Å². The second-order valence-electron chi connectivity index (χ2n) is 26.4. The van der Waals surface area contributed by atoms with Gasteiger partial charge in [-0.2, -0.15) is 0 Å². The molecule has 0 saturated carbocycles. The second-order valence-corrected chi connectivity index (χ2v) is 26.4. The molecule has 11 rings (SSSR count). The number of hydrogen-bond donors (Lipinski definition) is 0. The molecule has 0 radical (unpaired) electrons. The minimum Gasteiger partial charge on any atom is -0.309 e. The van der Waals surface area contributed by atoms with Crippen LogP contribution in [-0.2, 0) is 27.1 Å². The van der Waals surface area contributed by atoms with Crippen LogP contribution in [0.1, 0.15) is 132 Å². The van der Waals surface area contributed by atoms with Gasteiger partial charge in [-0.05, 0) is 148 Å². The van der Waals surface area contributed by atoms with Crippen LogP contribution in [-0.4, -0.2) is 4.57 Å². The molecule has 11 aromatic rings. The van der Waals surface area contributed by atoms with Crippen molar-refractivity contribution in [3.05, 3.63) is 204 Å². The summed E-state index contributed by atoms with van der Waals surface area (Å²) in [6, 6.07) is 68.0. The number of aromatic nitrogens is 1. The number of para-hydroxylation sites is 2. The van der Waals surface area contributed by atoms with Gasteiger partial charge in [0.25, 0.3) is 0 Å². The zero-order chi connectivity index (χ0) is 52.4. The summed E-state index contributed by atoms with van der Waals surface area (Å²) in [5, 5.41) is 10.1. The molecule has 1 aromatic heterocycles. The Balaban J connectivity index is 1.23. The first kappa shape index (κ1) is 49.1. The van der Waals surface area contributed by atoms with E-state index >= 15 is 0 Å². The summed E-state index contributed by atoms with van der Waals surface area (Å²) in [6.45, 7) is 35.1. The molecule has 0 amide bonds. The number of rotatable bonds is 6. The molecule has 0 unspecified atom stereocenters. The molecule has 0 N–H and O–H groups in total. The molecule has 0 aliphatic heterocycles. The van der Waals surface area contributed by atoms with Crippen molar-refractivity contribution < 1.29 is 0 Å². The molecular weight excluding hydrogens is 893 g/mol. The Morgan fingerprint density at radius 2 is 0.757 bits per heavy atom. The van der Waals surface area contributed by atoms with Crippen molar-refractivity contribution in [1.29, 1.82) is 0 Å². The Morgan fingerprint density at radius 1 is 0.311 bits per heavy atom. The molecule has 10 aromatic carbocycles. The minimum absolute atomic E-state index is 0.000249. The molecule has 0 spiro atoms. The lowest BCUT2D eigenvalue weighted by atomic mass is 9.77. The highest BCUT2D eigenvalue weighted by molar-refractivity contribution is 6.27. The quantitative estimate of drug-likeness (QED) is 0.151. The summed E-state index contributed by atoms with van der Waals surface area (Å²) < 4.78 is 2.48. The largest absolute Gasteiger partial charge is 0.309 e. The van der Waals surface area contributed by atoms with Gasteiger partial charge in [-0.25, -0.2) is 0 Å². The van der Waals surface area contributed by atoms with E-state index in [2.05, 4.69) is 289 Å². The number of fused-ring (bicyclic) bond motifs is 3. The molecule has 0 aliphatic carbocycles. The van der Waals surface area contributed by atoms with E-state index in [4.69, 9.17) is 0 Å². The molecule has 74 heavy (non-hydrogen) atoms. The fraction of sp³-hybridized carbons (Fsp3) is 0.278. The van der Waals surface area contributed by atoms with Gasteiger partial charge in [0.1, 0.15) is 0 Å². The van der Waals surface area contributed by atoms with E-state index < -0.39 is 0 Å². The van der Waals surface area contributed by atoms with Crippen molar-refractivity contribution in [2.75, 3.05) is 4.90 Å². The Labute approximate surface area is 441 Å². The van der Waals surface area contributed by atoms with Crippen LogP contribution in [0.4, 0.5) is 17.1 Å². The van der Waals surface area contributed by atoms with E-state index in [0.29, 0.717) is 0 Å². The average Bonchev–Trinajstić information content (AvgIpc) is 3.69. The molecular formula is C72H74N2. The standard InChI is InChI=1S/C72H74N2/c1-68(2,3)48-28-32-53(33-29-48)73(63-37-26-45-25-35-58-64(38-27-46-24-34-57(63)66(45)67(46)58)74-61-22-18-16-20-55(61)56-21-17-19-23-62(56)74)65-39-31-50(70(7,8)9)44-60(65)59-43-49(69(4,5)6)30-36-54(59)47-40-51(71(10,11)12)42-52(41-47)72(13,14)15/h16-44H,1-15H3. The van der Waals surface area contributed by atoms with E-state index in [1.807, 2.05) is 0 Å². The molecule has 0 aliphatic rings. The summed E-state index contributed by atoms with van der Waals surface area (Å²) in [7, 11) is 0. The first-order valence-corrected chi connectivity index (χ1v) is 26.9. The van der Waals surface area contributed by atoms with Crippen LogP contribution >= 0.6 is 0 Å². The third-order valence-electron chi connectivity index (χ3n) is 15.9. The second kappa shape index (κ2) is 17.2. The van der Waals surface area contributed by atoms with Crippen molar-refractivity contribution in [2.24, 2.45) is 0 Å². The fourth-order valence-electron chi connectivity index (χ4n) is 11.4. The molecule has 0 saturated heterocycles. The molecule has 1 heterocycles. The van der Waals surface area contributed by atoms with Crippen LogP contribution in [0.3, 0.4) is 0 Å². The van der Waals surface area contributed by atoms with Gasteiger partial charge >= 0.3 is 0 Å². The lowest BCUT2D eigenvalue weighted by Gasteiger charge is -2.33. The predicted octanol–water partition coefficient (Wildman–Crippen LogP) is 21.0. The van der Waals surface area contributed by atoms with Crippen molar-refractivity contribution in [3.63, 3.8) is 0 Å². The maximum absolute atomic E-state index is 2.58. The van der Waals surface area contributed by atoms with Gasteiger partial charge in [0.2, 0.25) is 0 Å². The van der Waals surface area contributed by atoms with E-state index in [0.717, 1.165) is 17.1 Å². The first-order valence-electron chi connectivity index (χ1n) is 26.9. The third-order valence-corrected chi connectivity index (χ3v) is 15.9. The average molecular weight is 967 g/mol. The molecule has 0 atom stereocenters. The highest BCUT2D eigenvalue weighted by atomic mass is 15.1. The molecule has 2 heteroatoms. The van der Waals surface area contributed by atoms with Crippen molar-refractivity contribution in [1.82, 2.24) is 4.57 Å². The van der Waals surface area contributed by atoms with E-state index in [-0.39, 0.29) is 27.1 Å². The maximum Gasteiger partial charge on any atom is 0.0541 e. The zero-order valence-corrected chi connectivity index (χ0v) is 46.6. The van der Waals surface area contributed by atoms with E-state index in [1.165, 1.54) is 110 Å². The SMILES string of the molecule is CC(C)(C)c1ccc(N(c2ccc(C(C)(C)C)cc2-c2cc(C(C)(C)C)ccc2-c2cc(C(C)(C)C)cc(C(C)(C)C)c2)c2ccc3ccc4c(-n5c6ccccc6c6ccccc65)ccc5ccc2c3c54)cc1. The molecule has 372 valence electrons. The smallest absolute Gasteiger partial charge is 0.0541 e. The van der Waals surface area contributed by atoms with Crippen molar-refractivity contribution in [2.45, 2.75) is 131 Å². The Bertz CT molecular complexity index is 3870. The molecule has 0 bridgehead atoms. The highest BCUT2D eigenvalue weighted by Crippen LogP contribution is 2.51. The minimum atomic E-state index is -0.0963. The van der Waals surface area contributed by atoms with Gasteiger partial charge in [0.15, 0.2) is 0 Å². The topological polar surface area (TPSA) is 8.17 Å². The van der Waals surface area contributed by atoms with Crippen molar-refractivity contribution >= 4 is 71.2 Å². The maximum atomic E-state index is 2.58. The Morgan fingerprint density at radius 3 is 1.31 bits per heavy atom. The highest BCUT2D eigenvalue weighted by Gasteiger charge is 2.29. The van der Waals surface area contributed by atoms with Crippen molar-refractivity contribution in [3.8, 4) is 27.9 Å². The normalized spacial score (nSPS) is 13.1. The monoisotopic (exact) mass is 967 g/mol. The van der Waals surface area contributed by atoms with Gasteiger partial charge in [-0.1, -0.05) is 225 Å². The molecule has 0 fully saturated rings. The summed E-state index contributed by atoms with van der Waals surface area (Å²) in [6.07, 6.45) is 0. The van der Waals surface area contributed by atoms with Crippen LogP contribution in [0.5, 0.6) is 0 Å². The van der Waals surface area contributed by atoms with Gasteiger partial charge in [0, 0.05) is 32.8 Å². The number of nitrogens with zero attached hydrogens (tertiary/aromatic N) is 2. The van der Waals surface area contributed by atoms with E-state index in [9.17, 15) is 0 Å². The lowest BCUT2D eigenvalue weighted by Crippen LogP contribution is -2.17. The van der Waals surface area contributed by atoms with E-state index in [1.54, 1.807) is 0 Å².